The van der Waals surface area contributed by atoms with Crippen molar-refractivity contribution in [2.24, 2.45) is 5.92 Å². The molecule has 1 aromatic carbocycles. The number of carbonyl (C=O) groups is 1. The average Bonchev–Trinajstić information content (AvgIpc) is 2.50. The van der Waals surface area contributed by atoms with Gasteiger partial charge < -0.3 is 9.84 Å². The molecule has 6 heteroatoms. The number of hydrogen-bond donors (Lipinski definition) is 1. The van der Waals surface area contributed by atoms with Crippen LogP contribution in [0.5, 0.6) is 11.5 Å². The molecule has 1 aliphatic heterocycles. The Balaban J connectivity index is 2.02. The topological polar surface area (TPSA) is 89.7 Å². The molecule has 0 bridgehead atoms. The largest absolute Gasteiger partial charge is 0.504 e. The number of carbonyl (C=O) groups excluding carboxylic acids is 1. The van der Waals surface area contributed by atoms with Gasteiger partial charge in [-0.2, -0.15) is 0 Å². The third-order valence-corrected chi connectivity index (χ3v) is 5.26. The fourth-order valence-electron chi connectivity index (χ4n) is 4.32. The van der Waals surface area contributed by atoms with Gasteiger partial charge in [0.05, 0.1) is 6.61 Å². The normalized spacial score (nSPS) is 31.9. The molecule has 1 N–H and O–H groups in total. The van der Waals surface area contributed by atoms with Crippen molar-refractivity contribution >= 4 is 5.78 Å². The van der Waals surface area contributed by atoms with Crippen LogP contribution in [0.15, 0.2) is 24.3 Å². The molecule has 0 saturated carbocycles. The summed E-state index contributed by atoms with van der Waals surface area (Å²) in [5, 5.41) is 21.6. The zero-order chi connectivity index (χ0) is 15.5. The molecule has 0 fully saturated rings. The maximum atomic E-state index is 11.8. The molecular formula is C16H15NO5. The summed E-state index contributed by atoms with van der Waals surface area (Å²) in [6.45, 7) is 0.378. The first-order valence-electron chi connectivity index (χ1n) is 7.36. The molecule has 6 nitrogen and oxygen atoms in total. The highest BCUT2D eigenvalue weighted by molar-refractivity contribution is 5.92. The summed E-state index contributed by atoms with van der Waals surface area (Å²) in [6, 6.07) is 2.49. The molecule has 0 aromatic heterocycles. The quantitative estimate of drug-likeness (QED) is 0.630. The van der Waals surface area contributed by atoms with Gasteiger partial charge in [-0.1, -0.05) is 12.1 Å². The van der Waals surface area contributed by atoms with Gasteiger partial charge in [0.1, 0.15) is 0 Å². The third-order valence-electron chi connectivity index (χ3n) is 5.26. The second kappa shape index (κ2) is 4.32. The van der Waals surface area contributed by atoms with Gasteiger partial charge in [0.15, 0.2) is 17.3 Å². The number of nitrogens with zero attached hydrogens (tertiary/aromatic N) is 1. The summed E-state index contributed by atoms with van der Waals surface area (Å²) in [6.07, 6.45) is 4.38. The Bertz CT molecular complexity index is 725. The molecule has 114 valence electrons. The number of phenols is 1. The van der Waals surface area contributed by atoms with Crippen LogP contribution in [0.2, 0.25) is 0 Å². The molecule has 1 spiro atoms. The van der Waals surface area contributed by atoms with Crippen LogP contribution < -0.4 is 4.74 Å². The highest BCUT2D eigenvalue weighted by Crippen LogP contribution is 2.56. The third kappa shape index (κ3) is 1.58. The number of ketones is 1. The van der Waals surface area contributed by atoms with Crippen LogP contribution in [0, 0.1) is 16.0 Å². The van der Waals surface area contributed by atoms with Crippen molar-refractivity contribution in [1.82, 2.24) is 0 Å². The maximum absolute atomic E-state index is 11.8. The highest BCUT2D eigenvalue weighted by Gasteiger charge is 2.56. The Hall–Kier alpha value is -2.37. The second-order valence-corrected chi connectivity index (χ2v) is 6.25. The van der Waals surface area contributed by atoms with E-state index in [1.165, 1.54) is 12.1 Å². The SMILES string of the molecule is O=C1C=C[C@]23CCOc4c(O)ccc(c42)C[C@@H]([N+](=O)[O-])[C@@H]3C1. The van der Waals surface area contributed by atoms with Crippen molar-refractivity contribution in [3.63, 3.8) is 0 Å². The molecule has 1 heterocycles. The lowest BCUT2D eigenvalue weighted by Crippen LogP contribution is -2.53. The minimum Gasteiger partial charge on any atom is -0.504 e. The van der Waals surface area contributed by atoms with Crippen LogP contribution in [0.3, 0.4) is 0 Å². The Morgan fingerprint density at radius 2 is 2.18 bits per heavy atom. The maximum Gasteiger partial charge on any atom is 0.221 e. The molecule has 0 saturated heterocycles. The van der Waals surface area contributed by atoms with Crippen molar-refractivity contribution in [2.75, 3.05) is 6.61 Å². The van der Waals surface area contributed by atoms with Crippen LogP contribution in [0.4, 0.5) is 0 Å². The molecule has 2 aliphatic carbocycles. The second-order valence-electron chi connectivity index (χ2n) is 6.25. The van der Waals surface area contributed by atoms with Gasteiger partial charge >= 0.3 is 0 Å². The first kappa shape index (κ1) is 13.3. The molecule has 3 atom stereocenters. The number of phenolic OH excluding ortho intramolecular Hbond substituents is 1. The van der Waals surface area contributed by atoms with Gasteiger partial charge in [0.25, 0.3) is 0 Å². The highest BCUT2D eigenvalue weighted by atomic mass is 16.6. The zero-order valence-electron chi connectivity index (χ0n) is 11.8. The smallest absolute Gasteiger partial charge is 0.221 e. The standard InChI is InChI=1S/C16H15NO5/c18-10-3-4-16-5-6-22-15-13(19)2-1-9(14(15)16)7-12(17(20)21)11(16)8-10/h1-4,11-12,19H,5-8H2/t11-,12+,16+/m0/s1. The van der Waals surface area contributed by atoms with E-state index in [9.17, 15) is 20.0 Å². The molecule has 3 aliphatic rings. The van der Waals surface area contributed by atoms with E-state index in [1.807, 2.05) is 6.08 Å². The van der Waals surface area contributed by atoms with E-state index in [4.69, 9.17) is 4.74 Å². The summed E-state index contributed by atoms with van der Waals surface area (Å²) in [5.41, 5.74) is 1.10. The van der Waals surface area contributed by atoms with Crippen molar-refractivity contribution in [1.29, 1.82) is 0 Å². The van der Waals surface area contributed by atoms with Crippen LogP contribution >= 0.6 is 0 Å². The lowest BCUT2D eigenvalue weighted by atomic mass is 9.56. The number of ether oxygens (including phenoxy) is 1. The minimum absolute atomic E-state index is 0.0569. The van der Waals surface area contributed by atoms with E-state index in [2.05, 4.69) is 0 Å². The molecule has 0 unspecified atom stereocenters. The number of nitro groups is 1. The van der Waals surface area contributed by atoms with E-state index in [0.717, 1.165) is 11.1 Å². The molecule has 1 aromatic rings. The van der Waals surface area contributed by atoms with E-state index >= 15 is 0 Å². The zero-order valence-corrected chi connectivity index (χ0v) is 11.8. The molecule has 4 rings (SSSR count). The molecular weight excluding hydrogens is 286 g/mol. The average molecular weight is 301 g/mol. The lowest BCUT2D eigenvalue weighted by Gasteiger charge is -2.48. The van der Waals surface area contributed by atoms with Gasteiger partial charge in [-0.05, 0) is 24.1 Å². The summed E-state index contributed by atoms with van der Waals surface area (Å²) < 4.78 is 5.63. The van der Waals surface area contributed by atoms with Gasteiger partial charge in [-0.15, -0.1) is 0 Å². The number of hydrogen-bond acceptors (Lipinski definition) is 5. The fraction of sp³-hybridized carbons (Fsp3) is 0.438. The minimum atomic E-state index is -0.781. The summed E-state index contributed by atoms with van der Waals surface area (Å²) in [7, 11) is 0. The van der Waals surface area contributed by atoms with E-state index in [-0.39, 0.29) is 35.2 Å². The van der Waals surface area contributed by atoms with Crippen molar-refractivity contribution in [3.05, 3.63) is 45.5 Å². The van der Waals surface area contributed by atoms with Gasteiger partial charge in [0, 0.05) is 34.7 Å². The first-order chi connectivity index (χ1) is 10.5. The van der Waals surface area contributed by atoms with Crippen LogP contribution in [0.1, 0.15) is 24.0 Å². The number of rotatable bonds is 1. The van der Waals surface area contributed by atoms with Crippen molar-refractivity contribution in [3.8, 4) is 11.5 Å². The Morgan fingerprint density at radius 3 is 2.95 bits per heavy atom. The predicted octanol–water partition coefficient (Wildman–Crippen LogP) is 1.76. The van der Waals surface area contributed by atoms with Crippen LogP contribution in [-0.4, -0.2) is 28.5 Å². The summed E-state index contributed by atoms with van der Waals surface area (Å²) >= 11 is 0. The Labute approximate surface area is 126 Å². The number of benzene rings is 1. The van der Waals surface area contributed by atoms with Crippen molar-refractivity contribution in [2.45, 2.75) is 30.7 Å². The fourth-order valence-corrected chi connectivity index (χ4v) is 4.32. The predicted molar refractivity (Wildman–Crippen MR) is 76.6 cm³/mol. The monoisotopic (exact) mass is 301 g/mol. The first-order valence-corrected chi connectivity index (χ1v) is 7.36. The lowest BCUT2D eigenvalue weighted by molar-refractivity contribution is -0.535. The summed E-state index contributed by atoms with van der Waals surface area (Å²) in [4.78, 5) is 23.1. The van der Waals surface area contributed by atoms with Crippen LogP contribution in [-0.2, 0) is 16.6 Å². The Morgan fingerprint density at radius 1 is 1.36 bits per heavy atom. The van der Waals surface area contributed by atoms with E-state index in [0.29, 0.717) is 18.8 Å². The van der Waals surface area contributed by atoms with Gasteiger partial charge in [-0.3, -0.25) is 14.9 Å². The Kier molecular flexibility index (Phi) is 2.61. The van der Waals surface area contributed by atoms with Gasteiger partial charge in [-0.25, -0.2) is 0 Å². The summed E-state index contributed by atoms with van der Waals surface area (Å²) in [5.74, 6) is 0.0343. The van der Waals surface area contributed by atoms with Crippen LogP contribution in [0.25, 0.3) is 0 Å². The van der Waals surface area contributed by atoms with E-state index in [1.54, 1.807) is 6.07 Å². The number of allylic oxidation sites excluding steroid dienone is 2. The molecule has 0 radical (unpaired) electrons. The number of aromatic hydroxyl groups is 1. The van der Waals surface area contributed by atoms with E-state index < -0.39 is 11.5 Å². The molecule has 0 amide bonds. The molecule has 22 heavy (non-hydrogen) atoms. The van der Waals surface area contributed by atoms with Crippen molar-refractivity contribution < 1.29 is 19.6 Å². The van der Waals surface area contributed by atoms with Gasteiger partial charge in [0.2, 0.25) is 6.04 Å².